The Morgan fingerprint density at radius 3 is 2.84 bits per heavy atom. The van der Waals surface area contributed by atoms with Crippen LogP contribution in [0.1, 0.15) is 31.9 Å². The molecule has 102 valence electrons. The van der Waals surface area contributed by atoms with Crippen molar-refractivity contribution in [2.75, 3.05) is 11.1 Å². The van der Waals surface area contributed by atoms with Gasteiger partial charge in [-0.3, -0.25) is 0 Å². The molecule has 3 rings (SSSR count). The lowest BCUT2D eigenvalue weighted by molar-refractivity contribution is 0.285. The summed E-state index contributed by atoms with van der Waals surface area (Å²) >= 11 is 3.07. The number of rotatable bonds is 4. The van der Waals surface area contributed by atoms with Crippen molar-refractivity contribution in [3.8, 4) is 10.6 Å². The summed E-state index contributed by atoms with van der Waals surface area (Å²) < 4.78 is 4.28. The molecule has 3 N–H and O–H groups in total. The highest BCUT2D eigenvalue weighted by molar-refractivity contribution is 7.15. The van der Waals surface area contributed by atoms with Gasteiger partial charge < -0.3 is 11.1 Å². The second kappa shape index (κ2) is 5.09. The molecule has 2 aromatic heterocycles. The summed E-state index contributed by atoms with van der Waals surface area (Å²) in [5, 5.41) is 7.66. The Kier molecular flexibility index (Phi) is 3.45. The molecule has 0 radical (unpaired) electrons. The summed E-state index contributed by atoms with van der Waals surface area (Å²) in [7, 11) is 0. The van der Waals surface area contributed by atoms with Crippen molar-refractivity contribution < 1.29 is 0 Å². The Morgan fingerprint density at radius 1 is 1.47 bits per heavy atom. The van der Waals surface area contributed by atoms with E-state index in [9.17, 15) is 0 Å². The first kappa shape index (κ1) is 12.9. The van der Waals surface area contributed by atoms with E-state index in [-0.39, 0.29) is 0 Å². The van der Waals surface area contributed by atoms with Crippen LogP contribution in [-0.4, -0.2) is 15.4 Å². The number of hydrogen-bond donors (Lipinski definition) is 2. The highest BCUT2D eigenvalue weighted by atomic mass is 32.1. The van der Waals surface area contributed by atoms with Crippen LogP contribution in [-0.2, 0) is 0 Å². The Balaban J connectivity index is 1.85. The third kappa shape index (κ3) is 2.47. The molecule has 1 unspecified atom stereocenters. The fourth-order valence-corrected chi connectivity index (χ4v) is 4.07. The summed E-state index contributed by atoms with van der Waals surface area (Å²) in [5.41, 5.74) is 8.02. The van der Waals surface area contributed by atoms with E-state index in [2.05, 4.69) is 21.6 Å². The summed E-state index contributed by atoms with van der Waals surface area (Å²) in [4.78, 5) is 4.53. The zero-order valence-electron chi connectivity index (χ0n) is 11.1. The van der Waals surface area contributed by atoms with E-state index in [0.717, 1.165) is 27.2 Å². The van der Waals surface area contributed by atoms with E-state index in [0.29, 0.717) is 11.9 Å². The van der Waals surface area contributed by atoms with Crippen molar-refractivity contribution in [1.29, 1.82) is 0 Å². The average molecular weight is 294 g/mol. The lowest BCUT2D eigenvalue weighted by Crippen LogP contribution is -2.30. The monoisotopic (exact) mass is 294 g/mol. The van der Waals surface area contributed by atoms with Crippen LogP contribution in [0.25, 0.3) is 10.6 Å². The number of nitrogens with one attached hydrogen (secondary N) is 1. The van der Waals surface area contributed by atoms with Gasteiger partial charge >= 0.3 is 0 Å². The summed E-state index contributed by atoms with van der Waals surface area (Å²) in [6.45, 7) is 4.25. The SMILES string of the molecule is Cc1csc(-c2c(N)nsc2NC(C)C2CCC2)n1. The Morgan fingerprint density at radius 2 is 2.26 bits per heavy atom. The van der Waals surface area contributed by atoms with E-state index < -0.39 is 0 Å². The molecule has 2 aromatic rings. The van der Waals surface area contributed by atoms with Crippen LogP contribution in [0.2, 0.25) is 0 Å². The smallest absolute Gasteiger partial charge is 0.149 e. The molecule has 6 heteroatoms. The molecule has 0 saturated heterocycles. The van der Waals surface area contributed by atoms with E-state index >= 15 is 0 Å². The first-order valence-electron chi connectivity index (χ1n) is 6.59. The second-order valence-electron chi connectivity index (χ2n) is 5.19. The van der Waals surface area contributed by atoms with Crippen molar-refractivity contribution >= 4 is 33.7 Å². The number of anilines is 2. The molecule has 1 aliphatic rings. The van der Waals surface area contributed by atoms with E-state index in [1.165, 1.54) is 30.8 Å². The van der Waals surface area contributed by atoms with Crippen LogP contribution in [0.3, 0.4) is 0 Å². The van der Waals surface area contributed by atoms with Crippen molar-refractivity contribution in [2.45, 2.75) is 39.2 Å². The number of hydrogen-bond acceptors (Lipinski definition) is 6. The fourth-order valence-electron chi connectivity index (χ4n) is 2.34. The highest BCUT2D eigenvalue weighted by Crippen LogP contribution is 2.40. The van der Waals surface area contributed by atoms with E-state index in [4.69, 9.17) is 5.73 Å². The third-order valence-corrected chi connectivity index (χ3v) is 5.54. The molecule has 1 fully saturated rings. The quantitative estimate of drug-likeness (QED) is 0.901. The van der Waals surface area contributed by atoms with Crippen LogP contribution in [0.15, 0.2) is 5.38 Å². The van der Waals surface area contributed by atoms with Gasteiger partial charge in [0.25, 0.3) is 0 Å². The molecule has 4 nitrogen and oxygen atoms in total. The Bertz CT molecular complexity index is 571. The van der Waals surface area contributed by atoms with Crippen LogP contribution in [0, 0.1) is 12.8 Å². The van der Waals surface area contributed by atoms with Gasteiger partial charge in [0.15, 0.2) is 0 Å². The number of nitrogen functional groups attached to an aromatic ring is 1. The molecule has 0 amide bonds. The third-order valence-electron chi connectivity index (χ3n) is 3.77. The molecular formula is C13H18N4S2. The van der Waals surface area contributed by atoms with Gasteiger partial charge in [-0.15, -0.1) is 11.3 Å². The minimum atomic E-state index is 0.480. The molecule has 1 aliphatic carbocycles. The number of thiazole rings is 1. The number of aryl methyl sites for hydroxylation is 1. The largest absolute Gasteiger partial charge is 0.382 e. The highest BCUT2D eigenvalue weighted by Gasteiger charge is 2.26. The lowest BCUT2D eigenvalue weighted by Gasteiger charge is -2.32. The van der Waals surface area contributed by atoms with Crippen molar-refractivity contribution in [3.63, 3.8) is 0 Å². The Labute approximate surface area is 121 Å². The van der Waals surface area contributed by atoms with Gasteiger partial charge in [-0.05, 0) is 44.1 Å². The van der Waals surface area contributed by atoms with Crippen LogP contribution < -0.4 is 11.1 Å². The molecule has 0 spiro atoms. The van der Waals surface area contributed by atoms with Gasteiger partial charge in [-0.2, -0.15) is 4.37 Å². The van der Waals surface area contributed by atoms with Crippen LogP contribution >= 0.6 is 22.9 Å². The molecule has 0 aliphatic heterocycles. The van der Waals surface area contributed by atoms with Gasteiger partial charge in [0.05, 0.1) is 5.56 Å². The van der Waals surface area contributed by atoms with Crippen molar-refractivity contribution in [1.82, 2.24) is 9.36 Å². The minimum absolute atomic E-state index is 0.480. The number of aromatic nitrogens is 2. The standard InChI is InChI=1S/C13H18N4S2/c1-7-6-18-12(15-7)10-11(14)17-19-13(10)16-8(2)9-4-3-5-9/h6,8-9,16H,3-5H2,1-2H3,(H2,14,17). The van der Waals surface area contributed by atoms with Gasteiger partial charge in [0.1, 0.15) is 15.8 Å². The molecular weight excluding hydrogens is 276 g/mol. The maximum atomic E-state index is 6.01. The van der Waals surface area contributed by atoms with Gasteiger partial charge in [0, 0.05) is 17.1 Å². The maximum absolute atomic E-state index is 6.01. The molecule has 1 saturated carbocycles. The van der Waals surface area contributed by atoms with Gasteiger partial charge in [0.2, 0.25) is 0 Å². The van der Waals surface area contributed by atoms with Gasteiger partial charge in [-0.25, -0.2) is 4.98 Å². The average Bonchev–Trinajstić information content (AvgIpc) is 2.83. The zero-order valence-corrected chi connectivity index (χ0v) is 12.8. The number of nitrogens with zero attached hydrogens (tertiary/aromatic N) is 2. The van der Waals surface area contributed by atoms with E-state index in [1.54, 1.807) is 11.3 Å². The lowest BCUT2D eigenvalue weighted by atomic mass is 9.80. The number of nitrogens with two attached hydrogens (primary N) is 1. The van der Waals surface area contributed by atoms with Crippen LogP contribution in [0.5, 0.6) is 0 Å². The van der Waals surface area contributed by atoms with E-state index in [1.807, 2.05) is 12.3 Å². The normalized spacial score (nSPS) is 17.2. The Hall–Kier alpha value is -1.14. The molecule has 0 bridgehead atoms. The predicted octanol–water partition coefficient (Wildman–Crippen LogP) is 3.76. The minimum Gasteiger partial charge on any atom is -0.382 e. The van der Waals surface area contributed by atoms with Gasteiger partial charge in [-0.1, -0.05) is 6.42 Å². The van der Waals surface area contributed by atoms with Crippen molar-refractivity contribution in [2.24, 2.45) is 5.92 Å². The summed E-state index contributed by atoms with van der Waals surface area (Å²) in [6, 6.07) is 0.480. The molecule has 2 heterocycles. The first-order valence-corrected chi connectivity index (χ1v) is 8.24. The zero-order chi connectivity index (χ0) is 13.4. The first-order chi connectivity index (χ1) is 9.15. The summed E-state index contributed by atoms with van der Waals surface area (Å²) in [5.74, 6) is 1.37. The molecule has 0 aromatic carbocycles. The summed E-state index contributed by atoms with van der Waals surface area (Å²) in [6.07, 6.45) is 4.02. The second-order valence-corrected chi connectivity index (χ2v) is 6.82. The topological polar surface area (TPSA) is 63.8 Å². The molecule has 19 heavy (non-hydrogen) atoms. The fraction of sp³-hybridized carbons (Fsp3) is 0.538. The predicted molar refractivity (Wildman–Crippen MR) is 82.8 cm³/mol. The molecule has 1 atom stereocenters. The maximum Gasteiger partial charge on any atom is 0.149 e. The van der Waals surface area contributed by atoms with Crippen molar-refractivity contribution in [3.05, 3.63) is 11.1 Å². The van der Waals surface area contributed by atoms with Crippen LogP contribution in [0.4, 0.5) is 10.8 Å².